The molecule has 1 aliphatic rings. The summed E-state index contributed by atoms with van der Waals surface area (Å²) in [5.74, 6) is -0.000573. The molecule has 1 saturated heterocycles. The number of aromatic hydroxyl groups is 1. The van der Waals surface area contributed by atoms with Gasteiger partial charge in [-0.15, -0.1) is 0 Å². The van der Waals surface area contributed by atoms with Gasteiger partial charge in [-0.2, -0.15) is 0 Å². The number of rotatable bonds is 3. The van der Waals surface area contributed by atoms with Crippen LogP contribution in [0, 0.1) is 0 Å². The third kappa shape index (κ3) is 3.73. The molecule has 1 heterocycles. The number of methoxy groups -OCH3 is 1. The van der Waals surface area contributed by atoms with E-state index in [9.17, 15) is 9.90 Å². The van der Waals surface area contributed by atoms with Crippen LogP contribution in [0.3, 0.4) is 0 Å². The Morgan fingerprint density at radius 1 is 1.31 bits per heavy atom. The first-order valence-electron chi connectivity index (χ1n) is 7.11. The molecule has 4 nitrogen and oxygen atoms in total. The number of hydrogen-bond acceptors (Lipinski definition) is 5. The highest BCUT2D eigenvalue weighted by Crippen LogP contribution is 2.41. The van der Waals surface area contributed by atoms with Gasteiger partial charge in [-0.05, 0) is 57.9 Å². The molecule has 0 saturated carbocycles. The second-order valence-electron chi connectivity index (χ2n) is 5.17. The van der Waals surface area contributed by atoms with Gasteiger partial charge in [0.2, 0.25) is 0 Å². The average Bonchev–Trinajstić information content (AvgIpc) is 2.85. The van der Waals surface area contributed by atoms with Crippen LogP contribution in [0.4, 0.5) is 5.69 Å². The Morgan fingerprint density at radius 3 is 2.69 bits per heavy atom. The van der Waals surface area contributed by atoms with Crippen molar-refractivity contribution in [2.75, 3.05) is 12.0 Å². The van der Waals surface area contributed by atoms with E-state index in [4.69, 9.17) is 40.2 Å². The van der Waals surface area contributed by atoms with E-state index < -0.39 is 0 Å². The van der Waals surface area contributed by atoms with Gasteiger partial charge in [0.05, 0.1) is 27.2 Å². The number of thiocarbonyl (C=S) groups is 1. The highest BCUT2D eigenvalue weighted by molar-refractivity contribution is 9.10. The highest BCUT2D eigenvalue weighted by Gasteiger charge is 2.34. The Morgan fingerprint density at radius 2 is 2.04 bits per heavy atom. The second-order valence-corrected chi connectivity index (χ2v) is 8.54. The molecule has 134 valence electrons. The summed E-state index contributed by atoms with van der Waals surface area (Å²) in [6.45, 7) is 0. The van der Waals surface area contributed by atoms with Gasteiger partial charge in [-0.3, -0.25) is 9.69 Å². The standard InChI is InChI=1S/C17H10BrCl2NO3S2/c1-24-13-5-8(4-10(18)15(13)22)6-14-16(23)21(17(25)26-14)12-3-2-9(19)7-11(12)20/h2-7,22H,1H3. The lowest BCUT2D eigenvalue weighted by Crippen LogP contribution is -2.27. The zero-order valence-electron chi connectivity index (χ0n) is 13.1. The summed E-state index contributed by atoms with van der Waals surface area (Å²) in [5.41, 5.74) is 1.15. The van der Waals surface area contributed by atoms with Crippen LogP contribution in [-0.4, -0.2) is 22.4 Å². The molecule has 0 aliphatic carbocycles. The first-order chi connectivity index (χ1) is 12.3. The van der Waals surface area contributed by atoms with Gasteiger partial charge in [-0.1, -0.05) is 47.2 Å². The SMILES string of the molecule is COc1cc(C=C2SC(=S)N(c3ccc(Cl)cc3Cl)C2=O)cc(Br)c1O. The Kier molecular flexibility index (Phi) is 5.84. The minimum Gasteiger partial charge on any atom is -0.503 e. The van der Waals surface area contributed by atoms with Crippen molar-refractivity contribution in [2.45, 2.75) is 0 Å². The largest absolute Gasteiger partial charge is 0.503 e. The van der Waals surface area contributed by atoms with Crippen LogP contribution in [0.15, 0.2) is 39.7 Å². The lowest BCUT2D eigenvalue weighted by molar-refractivity contribution is -0.113. The van der Waals surface area contributed by atoms with Crippen molar-refractivity contribution in [3.8, 4) is 11.5 Å². The molecule has 2 aromatic carbocycles. The van der Waals surface area contributed by atoms with Crippen molar-refractivity contribution in [3.63, 3.8) is 0 Å². The Hall–Kier alpha value is -1.25. The predicted octanol–water partition coefficient (Wildman–Crippen LogP) is 5.88. The van der Waals surface area contributed by atoms with Crippen LogP contribution < -0.4 is 9.64 Å². The number of phenols is 1. The number of nitrogens with zero attached hydrogens (tertiary/aromatic N) is 1. The van der Waals surface area contributed by atoms with E-state index >= 15 is 0 Å². The van der Waals surface area contributed by atoms with Crippen LogP contribution in [0.25, 0.3) is 6.08 Å². The van der Waals surface area contributed by atoms with Crippen molar-refractivity contribution < 1.29 is 14.6 Å². The van der Waals surface area contributed by atoms with Gasteiger partial charge < -0.3 is 9.84 Å². The van der Waals surface area contributed by atoms with Gasteiger partial charge in [0, 0.05) is 5.02 Å². The molecule has 0 atom stereocenters. The fraction of sp³-hybridized carbons (Fsp3) is 0.0588. The lowest BCUT2D eigenvalue weighted by Gasteiger charge is -2.16. The van der Waals surface area contributed by atoms with E-state index in [1.807, 2.05) is 0 Å². The maximum Gasteiger partial charge on any atom is 0.270 e. The molecule has 1 N–H and O–H groups in total. The number of anilines is 1. The first kappa shape index (κ1) is 19.5. The molecule has 1 aliphatic heterocycles. The smallest absolute Gasteiger partial charge is 0.270 e. The molecule has 1 fully saturated rings. The number of carbonyl (C=O) groups is 1. The zero-order valence-corrected chi connectivity index (χ0v) is 17.9. The first-order valence-corrected chi connectivity index (χ1v) is 9.88. The van der Waals surface area contributed by atoms with E-state index in [1.54, 1.807) is 36.4 Å². The summed E-state index contributed by atoms with van der Waals surface area (Å²) in [5, 5.41) is 10.7. The van der Waals surface area contributed by atoms with E-state index in [-0.39, 0.29) is 11.7 Å². The second kappa shape index (κ2) is 7.78. The molecule has 0 aromatic heterocycles. The fourth-order valence-corrected chi connectivity index (χ4v) is 4.56. The monoisotopic (exact) mass is 489 g/mol. The number of thioether (sulfide) groups is 1. The van der Waals surface area contributed by atoms with E-state index in [2.05, 4.69) is 15.9 Å². The predicted molar refractivity (Wildman–Crippen MR) is 114 cm³/mol. The molecular formula is C17H10BrCl2NO3S2. The number of phenolic OH excluding ortho intramolecular Hbond substituents is 1. The van der Waals surface area contributed by atoms with Crippen LogP contribution in [0.2, 0.25) is 10.0 Å². The van der Waals surface area contributed by atoms with Gasteiger partial charge in [-0.25, -0.2) is 0 Å². The summed E-state index contributed by atoms with van der Waals surface area (Å²) in [6, 6.07) is 8.16. The number of hydrogen-bond donors (Lipinski definition) is 1. The van der Waals surface area contributed by atoms with Crippen LogP contribution in [0.1, 0.15) is 5.56 Å². The summed E-state index contributed by atoms with van der Waals surface area (Å²) in [6.07, 6.45) is 1.68. The number of ether oxygens (including phenoxy) is 1. The van der Waals surface area contributed by atoms with E-state index in [0.717, 1.165) is 0 Å². The Balaban J connectivity index is 1.99. The van der Waals surface area contributed by atoms with Gasteiger partial charge in [0.15, 0.2) is 15.8 Å². The van der Waals surface area contributed by atoms with Crippen LogP contribution in [-0.2, 0) is 4.79 Å². The van der Waals surface area contributed by atoms with Crippen molar-refractivity contribution >= 4 is 85.1 Å². The van der Waals surface area contributed by atoms with E-state index in [0.29, 0.717) is 40.7 Å². The molecule has 9 heteroatoms. The van der Waals surface area contributed by atoms with Crippen LogP contribution >= 0.6 is 63.1 Å². The topological polar surface area (TPSA) is 49.8 Å². The third-order valence-electron chi connectivity index (χ3n) is 3.51. The molecule has 26 heavy (non-hydrogen) atoms. The summed E-state index contributed by atoms with van der Waals surface area (Å²) >= 11 is 21.9. The van der Waals surface area contributed by atoms with Gasteiger partial charge >= 0.3 is 0 Å². The fourth-order valence-electron chi connectivity index (χ4n) is 2.32. The lowest BCUT2D eigenvalue weighted by atomic mass is 10.2. The van der Waals surface area contributed by atoms with Crippen molar-refractivity contribution in [1.29, 1.82) is 0 Å². The minimum absolute atomic E-state index is 0.00913. The minimum atomic E-state index is -0.285. The quantitative estimate of drug-likeness (QED) is 0.430. The molecular weight excluding hydrogens is 481 g/mol. The van der Waals surface area contributed by atoms with Crippen molar-refractivity contribution in [1.82, 2.24) is 0 Å². The highest BCUT2D eigenvalue weighted by atomic mass is 79.9. The molecule has 0 unspecified atom stereocenters. The third-order valence-corrected chi connectivity index (χ3v) is 5.96. The van der Waals surface area contributed by atoms with Gasteiger partial charge in [0.1, 0.15) is 0 Å². The number of carbonyl (C=O) groups excluding carboxylic acids is 1. The van der Waals surface area contributed by atoms with Crippen molar-refractivity contribution in [3.05, 3.63) is 55.3 Å². The maximum absolute atomic E-state index is 12.8. The summed E-state index contributed by atoms with van der Waals surface area (Å²) in [7, 11) is 1.45. The number of amides is 1. The molecule has 0 bridgehead atoms. The maximum atomic E-state index is 12.8. The van der Waals surface area contributed by atoms with E-state index in [1.165, 1.54) is 23.8 Å². The number of benzene rings is 2. The molecule has 2 aromatic rings. The Bertz CT molecular complexity index is 965. The molecule has 0 radical (unpaired) electrons. The Labute approximate surface area is 177 Å². The van der Waals surface area contributed by atoms with Crippen LogP contribution in [0.5, 0.6) is 11.5 Å². The normalized spacial score (nSPS) is 15.8. The summed E-state index contributed by atoms with van der Waals surface area (Å²) in [4.78, 5) is 14.6. The zero-order chi connectivity index (χ0) is 19.0. The molecule has 1 amide bonds. The molecule has 0 spiro atoms. The molecule has 3 rings (SSSR count). The average molecular weight is 491 g/mol. The van der Waals surface area contributed by atoms with Crippen molar-refractivity contribution in [2.24, 2.45) is 0 Å². The number of halogens is 3. The van der Waals surface area contributed by atoms with Gasteiger partial charge in [0.25, 0.3) is 5.91 Å². The summed E-state index contributed by atoms with van der Waals surface area (Å²) < 4.78 is 5.96.